The summed E-state index contributed by atoms with van der Waals surface area (Å²) >= 11 is 0. The highest BCUT2D eigenvalue weighted by atomic mass is 16.3. The SMILES string of the molecule is Cc1cc(N)ccc1C(=O)Nc1cccc(O)c1. The molecule has 1 amide bonds. The van der Waals surface area contributed by atoms with Gasteiger partial charge in [-0.25, -0.2) is 0 Å². The summed E-state index contributed by atoms with van der Waals surface area (Å²) in [6.45, 7) is 1.83. The molecular weight excluding hydrogens is 228 g/mol. The minimum atomic E-state index is -0.224. The minimum absolute atomic E-state index is 0.113. The third-order valence-electron chi connectivity index (χ3n) is 2.60. The van der Waals surface area contributed by atoms with E-state index in [2.05, 4.69) is 5.32 Å². The molecule has 18 heavy (non-hydrogen) atoms. The summed E-state index contributed by atoms with van der Waals surface area (Å²) in [7, 11) is 0. The van der Waals surface area contributed by atoms with Crippen LogP contribution in [0, 0.1) is 6.92 Å². The van der Waals surface area contributed by atoms with Gasteiger partial charge in [-0.05, 0) is 42.8 Å². The largest absolute Gasteiger partial charge is 0.508 e. The van der Waals surface area contributed by atoms with Crippen molar-refractivity contribution in [3.8, 4) is 5.75 Å². The fraction of sp³-hybridized carbons (Fsp3) is 0.0714. The Balaban J connectivity index is 2.22. The summed E-state index contributed by atoms with van der Waals surface area (Å²) in [4.78, 5) is 12.0. The van der Waals surface area contributed by atoms with Crippen molar-refractivity contribution in [1.82, 2.24) is 0 Å². The lowest BCUT2D eigenvalue weighted by Gasteiger charge is -2.08. The molecule has 0 atom stereocenters. The number of phenols is 1. The Morgan fingerprint density at radius 3 is 2.67 bits per heavy atom. The highest BCUT2D eigenvalue weighted by molar-refractivity contribution is 6.05. The van der Waals surface area contributed by atoms with Crippen molar-refractivity contribution < 1.29 is 9.90 Å². The number of hydrogen-bond donors (Lipinski definition) is 3. The number of nitrogen functional groups attached to an aromatic ring is 1. The van der Waals surface area contributed by atoms with E-state index in [1.165, 1.54) is 6.07 Å². The summed E-state index contributed by atoms with van der Waals surface area (Å²) in [5, 5.41) is 12.0. The quantitative estimate of drug-likeness (QED) is 0.708. The zero-order valence-corrected chi connectivity index (χ0v) is 9.97. The smallest absolute Gasteiger partial charge is 0.255 e. The van der Waals surface area contributed by atoms with Crippen molar-refractivity contribution in [3.05, 3.63) is 53.6 Å². The third kappa shape index (κ3) is 2.60. The van der Waals surface area contributed by atoms with Crippen LogP contribution in [-0.2, 0) is 0 Å². The maximum Gasteiger partial charge on any atom is 0.255 e. The maximum atomic E-state index is 12.0. The van der Waals surface area contributed by atoms with Crippen molar-refractivity contribution in [2.24, 2.45) is 0 Å². The van der Waals surface area contributed by atoms with Crippen molar-refractivity contribution in [1.29, 1.82) is 0 Å². The molecule has 0 aliphatic carbocycles. The average Bonchev–Trinajstić information content (AvgIpc) is 2.28. The Hall–Kier alpha value is -2.49. The van der Waals surface area contributed by atoms with E-state index in [-0.39, 0.29) is 11.7 Å². The number of carbonyl (C=O) groups excluding carboxylic acids is 1. The van der Waals surface area contributed by atoms with Crippen LogP contribution in [0.3, 0.4) is 0 Å². The molecule has 0 heterocycles. The van der Waals surface area contributed by atoms with Gasteiger partial charge in [-0.3, -0.25) is 4.79 Å². The highest BCUT2D eigenvalue weighted by Crippen LogP contribution is 2.18. The van der Waals surface area contributed by atoms with Crippen LogP contribution in [0.25, 0.3) is 0 Å². The molecule has 0 saturated carbocycles. The van der Waals surface area contributed by atoms with Gasteiger partial charge in [-0.2, -0.15) is 0 Å². The highest BCUT2D eigenvalue weighted by Gasteiger charge is 2.09. The number of hydrogen-bond acceptors (Lipinski definition) is 3. The van der Waals surface area contributed by atoms with E-state index in [1.54, 1.807) is 36.4 Å². The summed E-state index contributed by atoms with van der Waals surface area (Å²) < 4.78 is 0. The Kier molecular flexibility index (Phi) is 3.19. The second-order valence-corrected chi connectivity index (χ2v) is 4.08. The topological polar surface area (TPSA) is 75.4 Å². The molecule has 0 aliphatic heterocycles. The predicted octanol–water partition coefficient (Wildman–Crippen LogP) is 2.54. The van der Waals surface area contributed by atoms with Gasteiger partial charge < -0.3 is 16.2 Å². The molecule has 0 unspecified atom stereocenters. The van der Waals surface area contributed by atoms with Gasteiger partial charge in [0.15, 0.2) is 0 Å². The lowest BCUT2D eigenvalue weighted by Crippen LogP contribution is -2.13. The molecule has 2 aromatic rings. The second-order valence-electron chi connectivity index (χ2n) is 4.08. The number of nitrogens with one attached hydrogen (secondary N) is 1. The van der Waals surface area contributed by atoms with Gasteiger partial charge in [-0.1, -0.05) is 6.07 Å². The number of aryl methyl sites for hydroxylation is 1. The molecule has 4 N–H and O–H groups in total. The first-order chi connectivity index (χ1) is 8.56. The fourth-order valence-corrected chi connectivity index (χ4v) is 1.72. The summed E-state index contributed by atoms with van der Waals surface area (Å²) in [5.74, 6) is -0.111. The molecule has 2 rings (SSSR count). The zero-order valence-electron chi connectivity index (χ0n) is 9.97. The predicted molar refractivity (Wildman–Crippen MR) is 71.7 cm³/mol. The fourth-order valence-electron chi connectivity index (χ4n) is 1.72. The summed E-state index contributed by atoms with van der Waals surface area (Å²) in [6.07, 6.45) is 0. The standard InChI is InChI=1S/C14H14N2O2/c1-9-7-10(15)5-6-13(9)14(18)16-11-3-2-4-12(17)8-11/h2-8,17H,15H2,1H3,(H,16,18). The maximum absolute atomic E-state index is 12.0. The van der Waals surface area contributed by atoms with E-state index in [9.17, 15) is 9.90 Å². The first-order valence-corrected chi connectivity index (χ1v) is 5.53. The van der Waals surface area contributed by atoms with Crippen LogP contribution < -0.4 is 11.1 Å². The molecule has 0 bridgehead atoms. The van der Waals surface area contributed by atoms with Crippen LogP contribution in [0.4, 0.5) is 11.4 Å². The van der Waals surface area contributed by atoms with E-state index in [1.807, 2.05) is 6.92 Å². The van der Waals surface area contributed by atoms with Gasteiger partial charge in [0.05, 0.1) is 0 Å². The van der Waals surface area contributed by atoms with Crippen LogP contribution in [0.15, 0.2) is 42.5 Å². The number of aromatic hydroxyl groups is 1. The lowest BCUT2D eigenvalue weighted by molar-refractivity contribution is 0.102. The van der Waals surface area contributed by atoms with Crippen LogP contribution >= 0.6 is 0 Å². The first kappa shape index (κ1) is 12.0. The number of phenolic OH excluding ortho intramolecular Hbond substituents is 1. The van der Waals surface area contributed by atoms with E-state index in [0.29, 0.717) is 16.9 Å². The van der Waals surface area contributed by atoms with Crippen LogP contribution in [0.1, 0.15) is 15.9 Å². The molecule has 0 fully saturated rings. The van der Waals surface area contributed by atoms with Crippen molar-refractivity contribution in [2.45, 2.75) is 6.92 Å². The molecule has 0 aliphatic rings. The lowest BCUT2D eigenvalue weighted by atomic mass is 10.1. The van der Waals surface area contributed by atoms with Crippen LogP contribution in [0.5, 0.6) is 5.75 Å². The average molecular weight is 242 g/mol. The Bertz CT molecular complexity index is 594. The van der Waals surface area contributed by atoms with Crippen LogP contribution in [-0.4, -0.2) is 11.0 Å². The van der Waals surface area contributed by atoms with Crippen molar-refractivity contribution in [3.63, 3.8) is 0 Å². The van der Waals surface area contributed by atoms with Crippen molar-refractivity contribution in [2.75, 3.05) is 11.1 Å². The van der Waals surface area contributed by atoms with E-state index in [0.717, 1.165) is 5.56 Å². The number of amides is 1. The van der Waals surface area contributed by atoms with Gasteiger partial charge in [0.1, 0.15) is 5.75 Å². The van der Waals surface area contributed by atoms with Gasteiger partial charge in [0, 0.05) is 23.0 Å². The molecule has 0 aromatic heterocycles. The second kappa shape index (κ2) is 4.79. The summed E-state index contributed by atoms with van der Waals surface area (Å²) in [5.41, 5.74) is 8.19. The number of carbonyl (C=O) groups is 1. The van der Waals surface area contributed by atoms with E-state index in [4.69, 9.17) is 5.73 Å². The molecule has 4 heteroatoms. The Labute approximate surface area is 105 Å². The molecule has 0 saturated heterocycles. The van der Waals surface area contributed by atoms with Gasteiger partial charge in [0.2, 0.25) is 0 Å². The normalized spacial score (nSPS) is 10.1. The molecule has 0 spiro atoms. The molecule has 0 radical (unpaired) electrons. The van der Waals surface area contributed by atoms with Crippen molar-refractivity contribution >= 4 is 17.3 Å². The Morgan fingerprint density at radius 2 is 2.00 bits per heavy atom. The molecule has 2 aromatic carbocycles. The molecule has 92 valence electrons. The molecular formula is C14H14N2O2. The summed E-state index contributed by atoms with van der Waals surface area (Å²) in [6, 6.07) is 11.5. The van der Waals surface area contributed by atoms with Gasteiger partial charge in [-0.15, -0.1) is 0 Å². The van der Waals surface area contributed by atoms with E-state index >= 15 is 0 Å². The van der Waals surface area contributed by atoms with Gasteiger partial charge >= 0.3 is 0 Å². The zero-order chi connectivity index (χ0) is 13.1. The number of anilines is 2. The minimum Gasteiger partial charge on any atom is -0.508 e. The Morgan fingerprint density at radius 1 is 1.22 bits per heavy atom. The number of nitrogens with two attached hydrogens (primary N) is 1. The third-order valence-corrected chi connectivity index (χ3v) is 2.60. The molecule has 4 nitrogen and oxygen atoms in total. The first-order valence-electron chi connectivity index (χ1n) is 5.53. The number of rotatable bonds is 2. The van der Waals surface area contributed by atoms with Gasteiger partial charge in [0.25, 0.3) is 5.91 Å². The monoisotopic (exact) mass is 242 g/mol. The number of benzene rings is 2. The van der Waals surface area contributed by atoms with Crippen LogP contribution in [0.2, 0.25) is 0 Å². The van der Waals surface area contributed by atoms with E-state index < -0.39 is 0 Å².